The number of oxazole rings is 1. The smallest absolute Gasteiger partial charge is 0.274 e. The minimum absolute atomic E-state index is 0.325. The van der Waals surface area contributed by atoms with E-state index in [-0.39, 0.29) is 0 Å². The Morgan fingerprint density at radius 1 is 1.23 bits per heavy atom. The lowest BCUT2D eigenvalue weighted by atomic mass is 10.0. The molecule has 1 aromatic heterocycles. The molecule has 0 spiro atoms. The summed E-state index contributed by atoms with van der Waals surface area (Å²) >= 11 is 0. The van der Waals surface area contributed by atoms with Crippen LogP contribution in [0.5, 0.6) is 0 Å². The van der Waals surface area contributed by atoms with Gasteiger partial charge in [-0.25, -0.2) is 10.5 Å². The predicted octanol–water partition coefficient (Wildman–Crippen LogP) is 3.74. The van der Waals surface area contributed by atoms with Gasteiger partial charge in [0.05, 0.1) is 0 Å². The maximum absolute atomic E-state index is 11.4. The van der Waals surface area contributed by atoms with Crippen LogP contribution in [-0.4, -0.2) is 16.1 Å². The number of nitrogens with one attached hydrogen (secondary N) is 1. The van der Waals surface area contributed by atoms with E-state index in [0.717, 1.165) is 5.56 Å². The van der Waals surface area contributed by atoms with Crippen LogP contribution in [0.1, 0.15) is 35.7 Å². The molecule has 0 aliphatic heterocycles. The molecule has 0 saturated heterocycles. The van der Waals surface area contributed by atoms with E-state index in [2.05, 4.69) is 31.0 Å². The maximum Gasteiger partial charge on any atom is 0.274 e. The van der Waals surface area contributed by atoms with Crippen LogP contribution < -0.4 is 5.48 Å². The normalized spacial score (nSPS) is 11.1. The molecule has 0 unspecified atom stereocenters. The molecule has 3 rings (SSSR count). The van der Waals surface area contributed by atoms with Crippen molar-refractivity contribution >= 4 is 17.0 Å². The Labute approximate surface area is 127 Å². The largest absolute Gasteiger partial charge is 0.436 e. The van der Waals surface area contributed by atoms with E-state index < -0.39 is 5.91 Å². The number of carbonyl (C=O) groups excluding carboxylic acids is 1. The lowest BCUT2D eigenvalue weighted by Crippen LogP contribution is -2.18. The number of benzene rings is 2. The standard InChI is InChI=1S/C17H16N2O3/c1-10(2)11-4-3-5-13(8-11)17-18-14-9-12(16(20)19-21)6-7-15(14)22-17/h3-10,21H,1-2H3,(H,19,20). The molecule has 1 heterocycles. The number of carbonyl (C=O) groups is 1. The molecule has 0 aliphatic carbocycles. The van der Waals surface area contributed by atoms with Crippen molar-refractivity contribution in [1.82, 2.24) is 10.5 Å². The van der Waals surface area contributed by atoms with E-state index >= 15 is 0 Å². The Morgan fingerprint density at radius 2 is 2.05 bits per heavy atom. The van der Waals surface area contributed by atoms with Gasteiger partial charge in [-0.15, -0.1) is 0 Å². The number of fused-ring (bicyclic) bond motifs is 1. The van der Waals surface area contributed by atoms with Crippen molar-refractivity contribution in [3.8, 4) is 11.5 Å². The van der Waals surface area contributed by atoms with Gasteiger partial charge in [-0.2, -0.15) is 0 Å². The molecule has 22 heavy (non-hydrogen) atoms. The van der Waals surface area contributed by atoms with E-state index in [1.54, 1.807) is 23.7 Å². The monoisotopic (exact) mass is 296 g/mol. The molecule has 5 nitrogen and oxygen atoms in total. The van der Waals surface area contributed by atoms with Crippen LogP contribution in [0.3, 0.4) is 0 Å². The molecule has 0 saturated carbocycles. The highest BCUT2D eigenvalue weighted by molar-refractivity contribution is 5.96. The Kier molecular flexibility index (Phi) is 3.65. The fourth-order valence-electron chi connectivity index (χ4n) is 2.29. The SMILES string of the molecule is CC(C)c1cccc(-c2nc3cc(C(=O)NO)ccc3o2)c1. The van der Waals surface area contributed by atoms with Gasteiger partial charge in [-0.05, 0) is 41.8 Å². The minimum atomic E-state index is -0.576. The Bertz CT molecular complexity index is 837. The summed E-state index contributed by atoms with van der Waals surface area (Å²) in [7, 11) is 0. The second-order valence-electron chi connectivity index (χ2n) is 5.42. The van der Waals surface area contributed by atoms with Crippen molar-refractivity contribution in [2.24, 2.45) is 0 Å². The first-order valence-electron chi connectivity index (χ1n) is 7.04. The van der Waals surface area contributed by atoms with Crippen molar-refractivity contribution < 1.29 is 14.4 Å². The molecule has 3 aromatic rings. The van der Waals surface area contributed by atoms with Gasteiger partial charge >= 0.3 is 0 Å². The lowest BCUT2D eigenvalue weighted by Gasteiger charge is -2.05. The van der Waals surface area contributed by atoms with Crippen LogP contribution in [0.4, 0.5) is 0 Å². The van der Waals surface area contributed by atoms with Crippen molar-refractivity contribution in [1.29, 1.82) is 0 Å². The van der Waals surface area contributed by atoms with Gasteiger partial charge in [0.2, 0.25) is 5.89 Å². The first-order chi connectivity index (χ1) is 10.6. The Morgan fingerprint density at radius 3 is 2.77 bits per heavy atom. The van der Waals surface area contributed by atoms with Crippen LogP contribution >= 0.6 is 0 Å². The van der Waals surface area contributed by atoms with E-state index in [4.69, 9.17) is 9.62 Å². The summed E-state index contributed by atoms with van der Waals surface area (Å²) in [6.07, 6.45) is 0. The lowest BCUT2D eigenvalue weighted by molar-refractivity contribution is 0.0706. The third-order valence-corrected chi connectivity index (χ3v) is 3.55. The second-order valence-corrected chi connectivity index (χ2v) is 5.42. The number of hydrogen-bond donors (Lipinski definition) is 2. The number of nitrogens with zero attached hydrogens (tertiary/aromatic N) is 1. The molecular weight excluding hydrogens is 280 g/mol. The van der Waals surface area contributed by atoms with Crippen LogP contribution in [-0.2, 0) is 0 Å². The predicted molar refractivity (Wildman–Crippen MR) is 82.8 cm³/mol. The molecule has 0 atom stereocenters. The Balaban J connectivity index is 2.05. The highest BCUT2D eigenvalue weighted by atomic mass is 16.5. The number of hydroxylamine groups is 1. The third kappa shape index (κ3) is 2.58. The fourth-order valence-corrected chi connectivity index (χ4v) is 2.29. The highest BCUT2D eigenvalue weighted by Crippen LogP contribution is 2.27. The van der Waals surface area contributed by atoms with Gasteiger partial charge in [0.25, 0.3) is 5.91 Å². The molecule has 1 amide bonds. The molecule has 0 bridgehead atoms. The molecule has 0 radical (unpaired) electrons. The van der Waals surface area contributed by atoms with Crippen molar-refractivity contribution in [3.63, 3.8) is 0 Å². The molecule has 5 heteroatoms. The zero-order chi connectivity index (χ0) is 15.7. The summed E-state index contributed by atoms with van der Waals surface area (Å²) in [5.41, 5.74) is 5.21. The summed E-state index contributed by atoms with van der Waals surface area (Å²) in [6.45, 7) is 4.26. The van der Waals surface area contributed by atoms with Crippen LogP contribution in [0, 0.1) is 0 Å². The van der Waals surface area contributed by atoms with Gasteiger partial charge in [0.15, 0.2) is 5.58 Å². The zero-order valence-electron chi connectivity index (χ0n) is 12.3. The van der Waals surface area contributed by atoms with E-state index in [1.165, 1.54) is 5.56 Å². The van der Waals surface area contributed by atoms with Crippen LogP contribution in [0.15, 0.2) is 46.9 Å². The summed E-state index contributed by atoms with van der Waals surface area (Å²) in [5, 5.41) is 8.68. The van der Waals surface area contributed by atoms with Crippen molar-refractivity contribution in [2.75, 3.05) is 0 Å². The molecule has 0 fully saturated rings. The molecular formula is C17H16N2O3. The zero-order valence-corrected chi connectivity index (χ0v) is 12.3. The number of amides is 1. The quantitative estimate of drug-likeness (QED) is 0.570. The topological polar surface area (TPSA) is 75.4 Å². The van der Waals surface area contributed by atoms with Gasteiger partial charge in [-0.3, -0.25) is 10.0 Å². The fraction of sp³-hybridized carbons (Fsp3) is 0.176. The van der Waals surface area contributed by atoms with E-state index in [9.17, 15) is 4.79 Å². The second kappa shape index (κ2) is 5.61. The van der Waals surface area contributed by atoms with Gasteiger partial charge in [0.1, 0.15) is 5.52 Å². The van der Waals surface area contributed by atoms with Crippen molar-refractivity contribution in [2.45, 2.75) is 19.8 Å². The highest BCUT2D eigenvalue weighted by Gasteiger charge is 2.12. The molecule has 0 aliphatic rings. The summed E-state index contributed by atoms with van der Waals surface area (Å²) in [5.74, 6) is 0.358. The van der Waals surface area contributed by atoms with Crippen LogP contribution in [0.2, 0.25) is 0 Å². The van der Waals surface area contributed by atoms with Crippen molar-refractivity contribution in [3.05, 3.63) is 53.6 Å². The van der Waals surface area contributed by atoms with Gasteiger partial charge in [-0.1, -0.05) is 26.0 Å². The summed E-state index contributed by atoms with van der Waals surface area (Å²) in [6, 6.07) is 12.9. The maximum atomic E-state index is 11.4. The average molecular weight is 296 g/mol. The van der Waals surface area contributed by atoms with Gasteiger partial charge in [0, 0.05) is 11.1 Å². The first-order valence-corrected chi connectivity index (χ1v) is 7.04. The minimum Gasteiger partial charge on any atom is -0.436 e. The Hall–Kier alpha value is -2.66. The van der Waals surface area contributed by atoms with E-state index in [0.29, 0.717) is 28.5 Å². The number of rotatable bonds is 3. The first kappa shape index (κ1) is 14.3. The summed E-state index contributed by atoms with van der Waals surface area (Å²) in [4.78, 5) is 15.9. The molecule has 2 N–H and O–H groups in total. The molecule has 2 aromatic carbocycles. The van der Waals surface area contributed by atoms with Gasteiger partial charge < -0.3 is 4.42 Å². The molecule has 112 valence electrons. The number of hydrogen-bond acceptors (Lipinski definition) is 4. The number of aromatic nitrogens is 1. The summed E-state index contributed by atoms with van der Waals surface area (Å²) < 4.78 is 5.75. The third-order valence-electron chi connectivity index (χ3n) is 3.55. The van der Waals surface area contributed by atoms with Crippen LogP contribution in [0.25, 0.3) is 22.6 Å². The van der Waals surface area contributed by atoms with E-state index in [1.807, 2.05) is 12.1 Å². The average Bonchev–Trinajstić information content (AvgIpc) is 2.97.